The molecule has 1 aliphatic rings. The SMILES string of the molecule is CC[C@@](O)(C1CCCCC1)[C@@H](O)c1ccc(OC)cc1. The normalized spacial score (nSPS) is 21.2. The number of hydrogen-bond acceptors (Lipinski definition) is 3. The lowest BCUT2D eigenvalue weighted by Crippen LogP contribution is -2.44. The molecule has 20 heavy (non-hydrogen) atoms. The number of rotatable bonds is 5. The third-order valence-corrected chi connectivity index (χ3v) is 4.78. The number of hydrogen-bond donors (Lipinski definition) is 2. The molecule has 3 nitrogen and oxygen atoms in total. The van der Waals surface area contributed by atoms with Crippen molar-refractivity contribution in [2.75, 3.05) is 7.11 Å². The van der Waals surface area contributed by atoms with Crippen molar-refractivity contribution in [3.8, 4) is 5.75 Å². The maximum atomic E-state index is 11.0. The minimum Gasteiger partial charge on any atom is -0.497 e. The van der Waals surface area contributed by atoms with Crippen LogP contribution in [0.1, 0.15) is 57.1 Å². The van der Waals surface area contributed by atoms with Gasteiger partial charge >= 0.3 is 0 Å². The molecule has 112 valence electrons. The van der Waals surface area contributed by atoms with Crippen LogP contribution < -0.4 is 4.74 Å². The predicted octanol–water partition coefficient (Wildman–Crippen LogP) is 3.45. The van der Waals surface area contributed by atoms with Crippen molar-refractivity contribution in [2.45, 2.75) is 57.2 Å². The van der Waals surface area contributed by atoms with Gasteiger partial charge in [0.2, 0.25) is 0 Å². The highest BCUT2D eigenvalue weighted by atomic mass is 16.5. The molecule has 3 heteroatoms. The van der Waals surface area contributed by atoms with Crippen molar-refractivity contribution in [2.24, 2.45) is 5.92 Å². The Balaban J connectivity index is 2.19. The second-order valence-electron chi connectivity index (χ2n) is 5.86. The topological polar surface area (TPSA) is 49.7 Å². The molecule has 0 bridgehead atoms. The third kappa shape index (κ3) is 2.99. The highest BCUT2D eigenvalue weighted by Gasteiger charge is 2.42. The first kappa shape index (κ1) is 15.3. The van der Waals surface area contributed by atoms with E-state index >= 15 is 0 Å². The van der Waals surface area contributed by atoms with Gasteiger partial charge in [0.15, 0.2) is 0 Å². The Morgan fingerprint density at radius 2 is 1.80 bits per heavy atom. The maximum Gasteiger partial charge on any atom is 0.118 e. The summed E-state index contributed by atoms with van der Waals surface area (Å²) < 4.78 is 5.13. The summed E-state index contributed by atoms with van der Waals surface area (Å²) >= 11 is 0. The van der Waals surface area contributed by atoms with Crippen molar-refractivity contribution in [1.29, 1.82) is 0 Å². The van der Waals surface area contributed by atoms with Crippen LogP contribution in [0.5, 0.6) is 5.75 Å². The Morgan fingerprint density at radius 3 is 2.30 bits per heavy atom. The van der Waals surface area contributed by atoms with Crippen LogP contribution in [0.4, 0.5) is 0 Å². The second-order valence-corrected chi connectivity index (χ2v) is 5.86. The van der Waals surface area contributed by atoms with Crippen LogP contribution >= 0.6 is 0 Å². The van der Waals surface area contributed by atoms with Crippen LogP contribution in [0.3, 0.4) is 0 Å². The van der Waals surface area contributed by atoms with Gasteiger partial charge < -0.3 is 14.9 Å². The highest BCUT2D eigenvalue weighted by molar-refractivity contribution is 5.30. The van der Waals surface area contributed by atoms with Gasteiger partial charge in [0, 0.05) is 0 Å². The van der Waals surface area contributed by atoms with Crippen LogP contribution in [0.25, 0.3) is 0 Å². The molecule has 0 aromatic heterocycles. The Morgan fingerprint density at radius 1 is 1.20 bits per heavy atom. The van der Waals surface area contributed by atoms with E-state index in [9.17, 15) is 10.2 Å². The predicted molar refractivity (Wildman–Crippen MR) is 79.8 cm³/mol. The van der Waals surface area contributed by atoms with E-state index in [4.69, 9.17) is 4.74 Å². The molecular formula is C17H26O3. The molecule has 0 spiro atoms. The average molecular weight is 278 g/mol. The monoisotopic (exact) mass is 278 g/mol. The van der Waals surface area contributed by atoms with Gasteiger partial charge in [-0.3, -0.25) is 0 Å². The van der Waals surface area contributed by atoms with Crippen molar-refractivity contribution >= 4 is 0 Å². The van der Waals surface area contributed by atoms with Crippen LogP contribution in [-0.2, 0) is 0 Å². The first-order valence-corrected chi connectivity index (χ1v) is 7.66. The number of aliphatic hydroxyl groups excluding tert-OH is 1. The summed E-state index contributed by atoms with van der Waals surface area (Å²) in [6.07, 6.45) is 5.32. The van der Waals surface area contributed by atoms with E-state index in [1.54, 1.807) is 7.11 Å². The Hall–Kier alpha value is -1.06. The molecular weight excluding hydrogens is 252 g/mol. The standard InChI is InChI=1S/C17H26O3/c1-3-17(19,14-7-5-4-6-8-14)16(18)13-9-11-15(20-2)12-10-13/h9-12,14,16,18-19H,3-8H2,1-2H3/t16-,17+/m0/s1. The maximum absolute atomic E-state index is 11.0. The molecule has 2 rings (SSSR count). The number of methoxy groups -OCH3 is 1. The molecule has 0 unspecified atom stereocenters. The van der Waals surface area contributed by atoms with Gasteiger partial charge in [-0.05, 0) is 42.9 Å². The molecule has 0 radical (unpaired) electrons. The molecule has 0 amide bonds. The van der Waals surface area contributed by atoms with Gasteiger partial charge in [-0.25, -0.2) is 0 Å². The summed E-state index contributed by atoms with van der Waals surface area (Å²) in [5.74, 6) is 0.956. The summed E-state index contributed by atoms with van der Waals surface area (Å²) in [7, 11) is 1.62. The summed E-state index contributed by atoms with van der Waals surface area (Å²) in [6.45, 7) is 1.96. The Bertz CT molecular complexity index is 409. The van der Waals surface area contributed by atoms with Gasteiger partial charge in [-0.1, -0.05) is 38.3 Å². The van der Waals surface area contributed by atoms with Crippen LogP contribution in [0.15, 0.2) is 24.3 Å². The number of aliphatic hydroxyl groups is 2. The van der Waals surface area contributed by atoms with E-state index in [1.807, 2.05) is 31.2 Å². The second kappa shape index (κ2) is 6.59. The van der Waals surface area contributed by atoms with Gasteiger partial charge in [0.25, 0.3) is 0 Å². The first-order chi connectivity index (χ1) is 9.61. The molecule has 0 aliphatic heterocycles. The fraction of sp³-hybridized carbons (Fsp3) is 0.647. The fourth-order valence-corrected chi connectivity index (χ4v) is 3.38. The molecule has 1 saturated carbocycles. The van der Waals surface area contributed by atoms with Crippen molar-refractivity contribution < 1.29 is 14.9 Å². The lowest BCUT2D eigenvalue weighted by Gasteiger charge is -2.41. The summed E-state index contributed by atoms with van der Waals surface area (Å²) in [5, 5.41) is 21.7. The highest BCUT2D eigenvalue weighted by Crippen LogP contribution is 2.42. The lowest BCUT2D eigenvalue weighted by molar-refractivity contribution is -0.127. The van der Waals surface area contributed by atoms with Gasteiger partial charge in [-0.2, -0.15) is 0 Å². The first-order valence-electron chi connectivity index (χ1n) is 7.66. The molecule has 1 fully saturated rings. The molecule has 2 N–H and O–H groups in total. The van der Waals surface area contributed by atoms with E-state index in [-0.39, 0.29) is 5.92 Å². The summed E-state index contributed by atoms with van der Waals surface area (Å²) in [5.41, 5.74) is -0.254. The van der Waals surface area contributed by atoms with E-state index in [0.717, 1.165) is 37.0 Å². The van der Waals surface area contributed by atoms with Crippen LogP contribution in [-0.4, -0.2) is 22.9 Å². The lowest BCUT2D eigenvalue weighted by atomic mass is 9.71. The molecule has 1 aromatic rings. The van der Waals surface area contributed by atoms with Crippen molar-refractivity contribution in [1.82, 2.24) is 0 Å². The van der Waals surface area contributed by atoms with Gasteiger partial charge in [0.05, 0.1) is 12.7 Å². The zero-order valence-electron chi connectivity index (χ0n) is 12.5. The van der Waals surface area contributed by atoms with E-state index in [1.165, 1.54) is 6.42 Å². The zero-order chi connectivity index (χ0) is 14.6. The van der Waals surface area contributed by atoms with E-state index in [2.05, 4.69) is 0 Å². The van der Waals surface area contributed by atoms with Gasteiger partial charge in [0.1, 0.15) is 11.9 Å². The Kier molecular flexibility index (Phi) is 5.06. The molecule has 0 saturated heterocycles. The quantitative estimate of drug-likeness (QED) is 0.867. The van der Waals surface area contributed by atoms with Crippen LogP contribution in [0, 0.1) is 5.92 Å². The van der Waals surface area contributed by atoms with Crippen molar-refractivity contribution in [3.05, 3.63) is 29.8 Å². The minimum absolute atomic E-state index is 0.193. The molecule has 1 aromatic carbocycles. The number of benzene rings is 1. The van der Waals surface area contributed by atoms with E-state index in [0.29, 0.717) is 6.42 Å². The summed E-state index contributed by atoms with van der Waals surface area (Å²) in [6, 6.07) is 7.34. The van der Waals surface area contributed by atoms with Crippen molar-refractivity contribution in [3.63, 3.8) is 0 Å². The van der Waals surface area contributed by atoms with Gasteiger partial charge in [-0.15, -0.1) is 0 Å². The van der Waals surface area contributed by atoms with E-state index < -0.39 is 11.7 Å². The Labute approximate surface area is 121 Å². The number of ether oxygens (including phenoxy) is 1. The molecule has 1 aliphatic carbocycles. The summed E-state index contributed by atoms with van der Waals surface area (Å²) in [4.78, 5) is 0. The fourth-order valence-electron chi connectivity index (χ4n) is 3.38. The molecule has 0 heterocycles. The van der Waals surface area contributed by atoms with Crippen LogP contribution in [0.2, 0.25) is 0 Å². The molecule has 2 atom stereocenters. The minimum atomic E-state index is -1.02. The smallest absolute Gasteiger partial charge is 0.118 e. The average Bonchev–Trinajstić information content (AvgIpc) is 2.54. The third-order valence-electron chi connectivity index (χ3n) is 4.78. The zero-order valence-corrected chi connectivity index (χ0v) is 12.5. The largest absolute Gasteiger partial charge is 0.497 e.